The van der Waals surface area contributed by atoms with Gasteiger partial charge in [-0.15, -0.1) is 5.11 Å². The van der Waals surface area contributed by atoms with Crippen LogP contribution >= 0.6 is 11.6 Å². The number of ketones is 1. The lowest BCUT2D eigenvalue weighted by molar-refractivity contribution is -0.00734. The zero-order chi connectivity index (χ0) is 18.6. The first kappa shape index (κ1) is 16.2. The van der Waals surface area contributed by atoms with Gasteiger partial charge in [-0.3, -0.25) is 4.79 Å². The molecule has 0 saturated heterocycles. The Morgan fingerprint density at radius 3 is 2.44 bits per heavy atom. The van der Waals surface area contributed by atoms with Crippen molar-refractivity contribution in [1.82, 2.24) is 0 Å². The van der Waals surface area contributed by atoms with Gasteiger partial charge in [0.2, 0.25) is 17.0 Å². The predicted octanol–water partition coefficient (Wildman–Crippen LogP) is 4.46. The topological polar surface area (TPSA) is 65.3 Å². The van der Waals surface area contributed by atoms with Crippen LogP contribution in [0.4, 0.5) is 5.69 Å². The van der Waals surface area contributed by atoms with E-state index in [0.29, 0.717) is 27.4 Å². The molecule has 5 nitrogen and oxygen atoms in total. The number of hydrogen-bond donors (Lipinski definition) is 1. The van der Waals surface area contributed by atoms with Gasteiger partial charge in [-0.25, -0.2) is 5.01 Å². The number of benzene rings is 3. The van der Waals surface area contributed by atoms with Crippen molar-refractivity contribution < 1.29 is 9.90 Å². The minimum absolute atomic E-state index is 0.278. The Morgan fingerprint density at radius 2 is 1.67 bits per heavy atom. The van der Waals surface area contributed by atoms with Gasteiger partial charge in [0.05, 0.1) is 5.69 Å². The molecule has 5 rings (SSSR count). The molecule has 3 aromatic carbocycles. The maximum Gasteiger partial charge on any atom is 0.226 e. The first-order valence-electron chi connectivity index (χ1n) is 8.50. The summed E-state index contributed by atoms with van der Waals surface area (Å²) in [5.74, 6) is -0.278. The molecule has 1 aliphatic heterocycles. The predicted molar refractivity (Wildman–Crippen MR) is 102 cm³/mol. The second kappa shape index (κ2) is 5.49. The Morgan fingerprint density at radius 1 is 0.926 bits per heavy atom. The molecule has 0 aromatic heterocycles. The van der Waals surface area contributed by atoms with E-state index in [0.717, 1.165) is 0 Å². The van der Waals surface area contributed by atoms with Crippen LogP contribution in [0.5, 0.6) is 0 Å². The van der Waals surface area contributed by atoms with E-state index in [-0.39, 0.29) is 5.78 Å². The smallest absolute Gasteiger partial charge is 0.226 e. The minimum Gasteiger partial charge on any atom is -0.363 e. The van der Waals surface area contributed by atoms with Gasteiger partial charge < -0.3 is 5.11 Å². The first-order valence-corrected chi connectivity index (χ1v) is 8.87. The van der Waals surface area contributed by atoms with Crippen molar-refractivity contribution in [2.45, 2.75) is 11.3 Å². The Labute approximate surface area is 160 Å². The number of aliphatic hydroxyl groups is 1. The number of carbonyl (C=O) groups is 1. The molecule has 0 bridgehead atoms. The highest BCUT2D eigenvalue weighted by Crippen LogP contribution is 2.58. The summed E-state index contributed by atoms with van der Waals surface area (Å²) >= 11 is 6.14. The normalized spacial score (nSPS) is 25.6. The molecular weight excluding hydrogens is 362 g/mol. The molecule has 0 spiro atoms. The molecule has 0 amide bonds. The zero-order valence-electron chi connectivity index (χ0n) is 14.1. The summed E-state index contributed by atoms with van der Waals surface area (Å²) in [5.41, 5.74) is -1.30. The number of carbonyl (C=O) groups excluding carboxylic acids is 1. The maximum atomic E-state index is 13.5. The number of anilines is 1. The fourth-order valence-electron chi connectivity index (χ4n) is 4.01. The molecule has 1 N–H and O–H groups in total. The molecule has 3 aromatic rings. The summed E-state index contributed by atoms with van der Waals surface area (Å²) in [5, 5.41) is 22.5. The summed E-state index contributed by atoms with van der Waals surface area (Å²) in [7, 11) is 0. The van der Waals surface area contributed by atoms with Gasteiger partial charge in [0.1, 0.15) is 0 Å². The van der Waals surface area contributed by atoms with Gasteiger partial charge in [0.25, 0.3) is 0 Å². The molecule has 1 heterocycles. The Balaban J connectivity index is 1.82. The molecule has 2 atom stereocenters. The van der Waals surface area contributed by atoms with Crippen molar-refractivity contribution in [3.63, 3.8) is 0 Å². The Bertz CT molecular complexity index is 1100. The monoisotopic (exact) mass is 375 g/mol. The molecule has 6 heteroatoms. The van der Waals surface area contributed by atoms with Crippen molar-refractivity contribution >= 4 is 23.1 Å². The molecule has 132 valence electrons. The Kier molecular flexibility index (Phi) is 3.29. The highest BCUT2D eigenvalue weighted by atomic mass is 35.5. The highest BCUT2D eigenvalue weighted by molar-refractivity contribution is 6.30. The van der Waals surface area contributed by atoms with E-state index in [9.17, 15) is 9.90 Å². The van der Waals surface area contributed by atoms with Crippen LogP contribution in [0.1, 0.15) is 21.5 Å². The van der Waals surface area contributed by atoms with E-state index in [2.05, 4.69) is 10.3 Å². The molecular formula is C21H14ClN3O2. The van der Waals surface area contributed by atoms with E-state index in [1.165, 1.54) is 5.01 Å². The number of rotatable bonds is 2. The van der Waals surface area contributed by atoms with Crippen LogP contribution in [0.25, 0.3) is 0 Å². The molecule has 27 heavy (non-hydrogen) atoms. The fourth-order valence-corrected chi connectivity index (χ4v) is 4.19. The van der Waals surface area contributed by atoms with Gasteiger partial charge >= 0.3 is 0 Å². The van der Waals surface area contributed by atoms with Crippen LogP contribution in [0.2, 0.25) is 5.02 Å². The van der Waals surface area contributed by atoms with E-state index in [4.69, 9.17) is 11.6 Å². The average Bonchev–Trinajstić information content (AvgIpc) is 3.11. The fraction of sp³-hybridized carbons (Fsp3) is 0.0952. The SMILES string of the molecule is O=C1c2ccccc2C2(O)N(c3cccc(Cl)c3)N=NC12c1ccccc1. The van der Waals surface area contributed by atoms with Gasteiger partial charge in [-0.1, -0.05) is 77.5 Å². The largest absolute Gasteiger partial charge is 0.363 e. The third-order valence-corrected chi connectivity index (χ3v) is 5.45. The minimum atomic E-state index is -1.79. The zero-order valence-corrected chi connectivity index (χ0v) is 14.8. The second-order valence-electron chi connectivity index (χ2n) is 6.60. The standard InChI is InChI=1S/C21H14ClN3O2/c22-15-9-6-10-16(13-15)25-21(27)18-12-5-4-11-17(18)19(26)20(21,23-24-25)14-7-2-1-3-8-14/h1-13,27H. The van der Waals surface area contributed by atoms with Crippen LogP contribution in [0.15, 0.2) is 89.2 Å². The third-order valence-electron chi connectivity index (χ3n) is 5.22. The third kappa shape index (κ3) is 1.90. The Hall–Kier alpha value is -3.02. The highest BCUT2D eigenvalue weighted by Gasteiger charge is 2.71. The lowest BCUT2D eigenvalue weighted by Gasteiger charge is -2.37. The summed E-state index contributed by atoms with van der Waals surface area (Å²) < 4.78 is 0. The molecule has 1 aliphatic carbocycles. The van der Waals surface area contributed by atoms with E-state index < -0.39 is 11.3 Å². The van der Waals surface area contributed by atoms with E-state index in [1.807, 2.05) is 18.2 Å². The van der Waals surface area contributed by atoms with Gasteiger partial charge in [-0.2, -0.15) is 0 Å². The van der Waals surface area contributed by atoms with Crippen LogP contribution in [-0.4, -0.2) is 10.9 Å². The van der Waals surface area contributed by atoms with E-state index in [1.54, 1.807) is 60.7 Å². The van der Waals surface area contributed by atoms with Crippen molar-refractivity contribution in [2.75, 3.05) is 5.01 Å². The molecule has 0 saturated carbocycles. The summed E-state index contributed by atoms with van der Waals surface area (Å²) in [6, 6.07) is 23.0. The van der Waals surface area contributed by atoms with Gasteiger partial charge in [0.15, 0.2) is 0 Å². The average molecular weight is 376 g/mol. The van der Waals surface area contributed by atoms with Crippen LogP contribution < -0.4 is 5.01 Å². The summed E-state index contributed by atoms with van der Waals surface area (Å²) in [6.45, 7) is 0. The van der Waals surface area contributed by atoms with E-state index >= 15 is 0 Å². The van der Waals surface area contributed by atoms with Crippen molar-refractivity contribution in [3.8, 4) is 0 Å². The van der Waals surface area contributed by atoms with Crippen LogP contribution in [0, 0.1) is 0 Å². The maximum absolute atomic E-state index is 13.5. The molecule has 2 unspecified atom stereocenters. The van der Waals surface area contributed by atoms with Gasteiger partial charge in [0, 0.05) is 16.1 Å². The quantitative estimate of drug-likeness (QED) is 0.719. The number of Topliss-reactive ketones (excluding diaryl/α,β-unsaturated/α-hetero) is 1. The van der Waals surface area contributed by atoms with Crippen LogP contribution in [-0.2, 0) is 11.3 Å². The van der Waals surface area contributed by atoms with Gasteiger partial charge in [-0.05, 0) is 23.8 Å². The summed E-state index contributed by atoms with van der Waals surface area (Å²) in [6.07, 6.45) is 0. The molecule has 0 fully saturated rings. The van der Waals surface area contributed by atoms with Crippen molar-refractivity contribution in [3.05, 3.63) is 101 Å². The summed E-state index contributed by atoms with van der Waals surface area (Å²) in [4.78, 5) is 13.5. The lowest BCUT2D eigenvalue weighted by Crippen LogP contribution is -2.53. The first-order chi connectivity index (χ1) is 13.1. The number of halogens is 1. The lowest BCUT2D eigenvalue weighted by atomic mass is 9.80. The van der Waals surface area contributed by atoms with Crippen LogP contribution in [0.3, 0.4) is 0 Å². The van der Waals surface area contributed by atoms with Crippen molar-refractivity contribution in [2.24, 2.45) is 10.3 Å². The molecule has 0 radical (unpaired) electrons. The van der Waals surface area contributed by atoms with Crippen molar-refractivity contribution in [1.29, 1.82) is 0 Å². The number of hydrogen-bond acceptors (Lipinski definition) is 5. The molecule has 2 aliphatic rings. The second-order valence-corrected chi connectivity index (χ2v) is 7.04. The number of nitrogens with zero attached hydrogens (tertiary/aromatic N) is 3. The number of fused-ring (bicyclic) bond motifs is 3.